The quantitative estimate of drug-likeness (QED) is 0.818. The van der Waals surface area contributed by atoms with Crippen LogP contribution in [-0.4, -0.2) is 4.98 Å². The second-order valence-electron chi connectivity index (χ2n) is 3.59. The summed E-state index contributed by atoms with van der Waals surface area (Å²) in [6.45, 7) is 4.45. The predicted molar refractivity (Wildman–Crippen MR) is 62.7 cm³/mol. The monoisotopic (exact) mass is 206 g/mol. The van der Waals surface area contributed by atoms with Crippen LogP contribution in [0.15, 0.2) is 18.2 Å². The normalized spacial score (nSPS) is 13.3. The van der Waals surface area contributed by atoms with Gasteiger partial charge in [-0.05, 0) is 30.0 Å². The van der Waals surface area contributed by atoms with Crippen LogP contribution in [0.2, 0.25) is 0 Å². The molecule has 14 heavy (non-hydrogen) atoms. The van der Waals surface area contributed by atoms with Gasteiger partial charge in [0, 0.05) is 0 Å². The highest BCUT2D eigenvalue weighted by molar-refractivity contribution is 7.22. The third-order valence-electron chi connectivity index (χ3n) is 2.61. The van der Waals surface area contributed by atoms with Crippen LogP contribution in [0.5, 0.6) is 0 Å². The van der Waals surface area contributed by atoms with Crippen molar-refractivity contribution in [3.63, 3.8) is 0 Å². The maximum absolute atomic E-state index is 5.66. The molecule has 0 aliphatic heterocycles. The van der Waals surface area contributed by atoms with Crippen molar-refractivity contribution in [3.8, 4) is 0 Å². The summed E-state index contributed by atoms with van der Waals surface area (Å²) in [7, 11) is 0. The minimum atomic E-state index is 0.614. The molecule has 1 heterocycles. The standard InChI is InChI=1S/C11H14N2S/c1-3-7(2)8-4-5-9-10(6-8)14-11(12)13-9/h4-7H,3H2,1-2H3,(H2,12,13). The van der Waals surface area contributed by atoms with Crippen molar-refractivity contribution in [2.75, 3.05) is 5.73 Å². The van der Waals surface area contributed by atoms with Crippen molar-refractivity contribution in [1.82, 2.24) is 4.98 Å². The highest BCUT2D eigenvalue weighted by Gasteiger charge is 2.06. The molecule has 2 rings (SSSR count). The van der Waals surface area contributed by atoms with Gasteiger partial charge in [0.2, 0.25) is 0 Å². The Bertz CT molecular complexity index is 447. The predicted octanol–water partition coefficient (Wildman–Crippen LogP) is 3.39. The van der Waals surface area contributed by atoms with Gasteiger partial charge in [-0.15, -0.1) is 0 Å². The molecule has 1 atom stereocenters. The second-order valence-corrected chi connectivity index (χ2v) is 4.65. The average molecular weight is 206 g/mol. The largest absolute Gasteiger partial charge is 0.375 e. The Balaban J connectivity index is 2.50. The van der Waals surface area contributed by atoms with Gasteiger partial charge in [0.05, 0.1) is 10.2 Å². The van der Waals surface area contributed by atoms with Crippen LogP contribution in [0.1, 0.15) is 31.7 Å². The van der Waals surface area contributed by atoms with Gasteiger partial charge in [-0.3, -0.25) is 0 Å². The fraction of sp³-hybridized carbons (Fsp3) is 0.364. The van der Waals surface area contributed by atoms with Crippen LogP contribution in [0.3, 0.4) is 0 Å². The first-order valence-corrected chi connectivity index (χ1v) is 5.68. The number of thiazole rings is 1. The van der Waals surface area contributed by atoms with E-state index in [0.717, 1.165) is 5.52 Å². The maximum atomic E-state index is 5.66. The molecule has 0 fully saturated rings. The SMILES string of the molecule is CCC(C)c1ccc2nc(N)sc2c1. The number of hydrogen-bond acceptors (Lipinski definition) is 3. The Labute approximate surface area is 87.8 Å². The van der Waals surface area contributed by atoms with Crippen molar-refractivity contribution in [2.45, 2.75) is 26.2 Å². The van der Waals surface area contributed by atoms with Gasteiger partial charge < -0.3 is 5.73 Å². The molecule has 3 heteroatoms. The van der Waals surface area contributed by atoms with Gasteiger partial charge in [0.1, 0.15) is 0 Å². The molecule has 2 aromatic rings. The number of aromatic nitrogens is 1. The van der Waals surface area contributed by atoms with Crippen molar-refractivity contribution < 1.29 is 0 Å². The van der Waals surface area contributed by atoms with Gasteiger partial charge in [0.25, 0.3) is 0 Å². The minimum Gasteiger partial charge on any atom is -0.375 e. The summed E-state index contributed by atoms with van der Waals surface area (Å²) in [4.78, 5) is 4.24. The molecular weight excluding hydrogens is 192 g/mol. The first-order chi connectivity index (χ1) is 6.70. The highest BCUT2D eigenvalue weighted by Crippen LogP contribution is 2.28. The van der Waals surface area contributed by atoms with Crippen LogP contribution in [0.4, 0.5) is 5.13 Å². The third kappa shape index (κ3) is 1.60. The van der Waals surface area contributed by atoms with E-state index >= 15 is 0 Å². The number of nitrogens with zero attached hydrogens (tertiary/aromatic N) is 1. The molecule has 0 aliphatic rings. The first kappa shape index (κ1) is 9.46. The molecule has 1 aromatic heterocycles. The molecule has 2 N–H and O–H groups in total. The number of rotatable bonds is 2. The Hall–Kier alpha value is -1.09. The van der Waals surface area contributed by atoms with Crippen molar-refractivity contribution in [1.29, 1.82) is 0 Å². The van der Waals surface area contributed by atoms with E-state index in [9.17, 15) is 0 Å². The van der Waals surface area contributed by atoms with E-state index in [1.165, 1.54) is 16.7 Å². The van der Waals surface area contributed by atoms with E-state index < -0.39 is 0 Å². The van der Waals surface area contributed by atoms with E-state index in [1.54, 1.807) is 11.3 Å². The summed E-state index contributed by atoms with van der Waals surface area (Å²) >= 11 is 1.56. The van der Waals surface area contributed by atoms with Crippen molar-refractivity contribution in [3.05, 3.63) is 23.8 Å². The first-order valence-electron chi connectivity index (χ1n) is 4.86. The molecule has 0 aliphatic carbocycles. The van der Waals surface area contributed by atoms with E-state index in [0.29, 0.717) is 11.0 Å². The molecule has 1 aromatic carbocycles. The van der Waals surface area contributed by atoms with Crippen molar-refractivity contribution >= 4 is 26.7 Å². The summed E-state index contributed by atoms with van der Waals surface area (Å²) in [6, 6.07) is 6.41. The lowest BCUT2D eigenvalue weighted by molar-refractivity contribution is 0.735. The molecule has 0 saturated heterocycles. The van der Waals surface area contributed by atoms with Gasteiger partial charge in [0.15, 0.2) is 5.13 Å². The zero-order valence-corrected chi connectivity index (χ0v) is 9.27. The summed E-state index contributed by atoms with van der Waals surface area (Å²) in [5, 5.41) is 0.654. The summed E-state index contributed by atoms with van der Waals surface area (Å²) in [6.07, 6.45) is 1.17. The van der Waals surface area contributed by atoms with Crippen LogP contribution in [-0.2, 0) is 0 Å². The maximum Gasteiger partial charge on any atom is 0.181 e. The van der Waals surface area contributed by atoms with Gasteiger partial charge in [-0.1, -0.05) is 31.3 Å². The smallest absolute Gasteiger partial charge is 0.181 e. The molecule has 0 spiro atoms. The molecule has 1 unspecified atom stereocenters. The number of hydrogen-bond donors (Lipinski definition) is 1. The summed E-state index contributed by atoms with van der Waals surface area (Å²) in [5.74, 6) is 0.614. The Kier molecular flexibility index (Phi) is 2.42. The van der Waals surface area contributed by atoms with E-state index in [1.807, 2.05) is 0 Å². The third-order valence-corrected chi connectivity index (χ3v) is 3.46. The highest BCUT2D eigenvalue weighted by atomic mass is 32.1. The van der Waals surface area contributed by atoms with E-state index in [-0.39, 0.29) is 0 Å². The minimum absolute atomic E-state index is 0.614. The van der Waals surface area contributed by atoms with E-state index in [4.69, 9.17) is 5.73 Å². The Morgan fingerprint density at radius 1 is 1.50 bits per heavy atom. The lowest BCUT2D eigenvalue weighted by atomic mass is 9.99. The Morgan fingerprint density at radius 3 is 3.00 bits per heavy atom. The molecule has 2 nitrogen and oxygen atoms in total. The molecule has 0 saturated carbocycles. The average Bonchev–Trinajstić information content (AvgIpc) is 2.55. The molecule has 74 valence electrons. The fourth-order valence-corrected chi connectivity index (χ4v) is 2.28. The zero-order valence-electron chi connectivity index (χ0n) is 8.45. The summed E-state index contributed by atoms with van der Waals surface area (Å²) in [5.41, 5.74) is 8.05. The van der Waals surface area contributed by atoms with Gasteiger partial charge in [-0.25, -0.2) is 4.98 Å². The number of benzene rings is 1. The zero-order chi connectivity index (χ0) is 10.1. The molecular formula is C11H14N2S. The van der Waals surface area contributed by atoms with Gasteiger partial charge >= 0.3 is 0 Å². The van der Waals surface area contributed by atoms with Crippen LogP contribution in [0.25, 0.3) is 10.2 Å². The van der Waals surface area contributed by atoms with Crippen LogP contribution in [0, 0.1) is 0 Å². The topological polar surface area (TPSA) is 38.9 Å². The lowest BCUT2D eigenvalue weighted by Gasteiger charge is -2.07. The fourth-order valence-electron chi connectivity index (χ4n) is 1.50. The molecule has 0 radical (unpaired) electrons. The number of nitrogens with two attached hydrogens (primary N) is 1. The number of anilines is 1. The second kappa shape index (κ2) is 3.58. The Morgan fingerprint density at radius 2 is 2.29 bits per heavy atom. The molecule has 0 bridgehead atoms. The van der Waals surface area contributed by atoms with Crippen LogP contribution >= 0.6 is 11.3 Å². The summed E-state index contributed by atoms with van der Waals surface area (Å²) < 4.78 is 1.19. The van der Waals surface area contributed by atoms with Crippen LogP contribution < -0.4 is 5.73 Å². The lowest BCUT2D eigenvalue weighted by Crippen LogP contribution is -1.89. The van der Waals surface area contributed by atoms with E-state index in [2.05, 4.69) is 37.0 Å². The number of nitrogen functional groups attached to an aromatic ring is 1. The number of fused-ring (bicyclic) bond motifs is 1. The van der Waals surface area contributed by atoms with Crippen molar-refractivity contribution in [2.24, 2.45) is 0 Å². The molecule has 0 amide bonds. The van der Waals surface area contributed by atoms with Gasteiger partial charge in [-0.2, -0.15) is 0 Å².